The van der Waals surface area contributed by atoms with Gasteiger partial charge in [-0.05, 0) is 24.4 Å². The van der Waals surface area contributed by atoms with Crippen LogP contribution in [0.5, 0.6) is 0 Å². The standard InChI is InChI=1S/C8H7FOS/c1-10-8(11)6-3-2-4-7(9)5-6/h2-5H,1H3. The molecule has 0 unspecified atom stereocenters. The number of hydrogen-bond acceptors (Lipinski definition) is 2. The van der Waals surface area contributed by atoms with Crippen LogP contribution in [0.25, 0.3) is 0 Å². The summed E-state index contributed by atoms with van der Waals surface area (Å²) < 4.78 is 17.3. The second-order valence-electron chi connectivity index (χ2n) is 2.00. The third kappa shape index (κ3) is 1.98. The van der Waals surface area contributed by atoms with Crippen LogP contribution in [0.3, 0.4) is 0 Å². The lowest BCUT2D eigenvalue weighted by Crippen LogP contribution is -1.99. The molecule has 0 bridgehead atoms. The molecule has 0 atom stereocenters. The normalized spacial score (nSPS) is 9.27. The maximum atomic E-state index is 12.5. The number of rotatable bonds is 1. The van der Waals surface area contributed by atoms with Crippen LogP contribution in [-0.2, 0) is 4.74 Å². The van der Waals surface area contributed by atoms with E-state index in [-0.39, 0.29) is 5.82 Å². The summed E-state index contributed by atoms with van der Waals surface area (Å²) in [6.45, 7) is 0. The van der Waals surface area contributed by atoms with Crippen LogP contribution in [0.15, 0.2) is 24.3 Å². The average molecular weight is 170 g/mol. The first-order chi connectivity index (χ1) is 5.24. The van der Waals surface area contributed by atoms with Crippen molar-refractivity contribution in [2.24, 2.45) is 0 Å². The van der Waals surface area contributed by atoms with Crippen molar-refractivity contribution < 1.29 is 9.13 Å². The van der Waals surface area contributed by atoms with E-state index in [0.29, 0.717) is 10.6 Å². The molecule has 0 aliphatic rings. The first kappa shape index (κ1) is 8.14. The van der Waals surface area contributed by atoms with Gasteiger partial charge in [-0.2, -0.15) is 0 Å². The van der Waals surface area contributed by atoms with Crippen molar-refractivity contribution in [1.29, 1.82) is 0 Å². The highest BCUT2D eigenvalue weighted by molar-refractivity contribution is 7.80. The Bertz CT molecular complexity index is 273. The van der Waals surface area contributed by atoms with Crippen LogP contribution < -0.4 is 0 Å². The van der Waals surface area contributed by atoms with Crippen molar-refractivity contribution in [1.82, 2.24) is 0 Å². The fourth-order valence-corrected chi connectivity index (χ4v) is 0.860. The van der Waals surface area contributed by atoms with E-state index in [0.717, 1.165) is 0 Å². The zero-order chi connectivity index (χ0) is 8.27. The molecule has 11 heavy (non-hydrogen) atoms. The number of ether oxygens (including phenoxy) is 1. The van der Waals surface area contributed by atoms with E-state index in [9.17, 15) is 4.39 Å². The van der Waals surface area contributed by atoms with Gasteiger partial charge < -0.3 is 4.74 Å². The third-order valence-electron chi connectivity index (χ3n) is 1.25. The summed E-state index contributed by atoms with van der Waals surface area (Å²) in [6.07, 6.45) is 0. The molecule has 0 heterocycles. The molecule has 0 aromatic heterocycles. The summed E-state index contributed by atoms with van der Waals surface area (Å²) in [5, 5.41) is 0.310. The zero-order valence-electron chi connectivity index (χ0n) is 6.00. The number of methoxy groups -OCH3 is 1. The number of thiocarbonyl (C=S) groups is 1. The predicted molar refractivity (Wildman–Crippen MR) is 45.1 cm³/mol. The Hall–Kier alpha value is -0.960. The van der Waals surface area contributed by atoms with Gasteiger partial charge in [0.15, 0.2) is 5.05 Å². The molecule has 0 N–H and O–H groups in total. The van der Waals surface area contributed by atoms with Crippen molar-refractivity contribution in [2.45, 2.75) is 0 Å². The molecule has 1 rings (SSSR count). The summed E-state index contributed by atoms with van der Waals surface area (Å²) in [5.41, 5.74) is 0.600. The SMILES string of the molecule is COC(=S)c1cccc(F)c1. The maximum Gasteiger partial charge on any atom is 0.190 e. The van der Waals surface area contributed by atoms with Crippen LogP contribution in [-0.4, -0.2) is 12.2 Å². The minimum absolute atomic E-state index is 0.304. The van der Waals surface area contributed by atoms with E-state index < -0.39 is 0 Å². The molecule has 0 saturated carbocycles. The lowest BCUT2D eigenvalue weighted by molar-refractivity contribution is 0.415. The maximum absolute atomic E-state index is 12.5. The van der Waals surface area contributed by atoms with Crippen molar-refractivity contribution >= 4 is 17.3 Å². The molecule has 0 fully saturated rings. The van der Waals surface area contributed by atoms with Crippen LogP contribution in [0.1, 0.15) is 5.56 Å². The van der Waals surface area contributed by atoms with Gasteiger partial charge in [-0.3, -0.25) is 0 Å². The topological polar surface area (TPSA) is 9.23 Å². The van der Waals surface area contributed by atoms with E-state index >= 15 is 0 Å². The van der Waals surface area contributed by atoms with E-state index in [1.807, 2.05) is 0 Å². The molecule has 0 aliphatic heterocycles. The van der Waals surface area contributed by atoms with Crippen molar-refractivity contribution in [3.05, 3.63) is 35.6 Å². The first-order valence-corrected chi connectivity index (χ1v) is 3.49. The van der Waals surface area contributed by atoms with Crippen LogP contribution in [0, 0.1) is 5.82 Å². The van der Waals surface area contributed by atoms with Crippen molar-refractivity contribution in [3.8, 4) is 0 Å². The zero-order valence-corrected chi connectivity index (χ0v) is 6.82. The van der Waals surface area contributed by atoms with Crippen molar-refractivity contribution in [2.75, 3.05) is 7.11 Å². The Morgan fingerprint density at radius 3 is 2.82 bits per heavy atom. The highest BCUT2D eigenvalue weighted by atomic mass is 32.1. The van der Waals surface area contributed by atoms with Gasteiger partial charge in [0.1, 0.15) is 5.82 Å². The van der Waals surface area contributed by atoms with Gasteiger partial charge in [0.2, 0.25) is 0 Å². The number of benzene rings is 1. The lowest BCUT2D eigenvalue weighted by Gasteiger charge is -2.00. The summed E-state index contributed by atoms with van der Waals surface area (Å²) in [4.78, 5) is 0. The highest BCUT2D eigenvalue weighted by Crippen LogP contribution is 2.05. The Morgan fingerprint density at radius 2 is 2.27 bits per heavy atom. The molecule has 3 heteroatoms. The molecule has 0 radical (unpaired) electrons. The molecule has 1 aromatic carbocycles. The Morgan fingerprint density at radius 1 is 1.55 bits per heavy atom. The van der Waals surface area contributed by atoms with E-state index in [2.05, 4.69) is 0 Å². The van der Waals surface area contributed by atoms with Gasteiger partial charge in [0, 0.05) is 5.56 Å². The van der Waals surface area contributed by atoms with Gasteiger partial charge in [0.05, 0.1) is 7.11 Å². The summed E-state index contributed by atoms with van der Waals surface area (Å²) in [5.74, 6) is -0.304. The second kappa shape index (κ2) is 3.44. The summed E-state index contributed by atoms with van der Waals surface area (Å²) in [7, 11) is 1.47. The Balaban J connectivity index is 2.96. The van der Waals surface area contributed by atoms with E-state index in [4.69, 9.17) is 17.0 Å². The largest absolute Gasteiger partial charge is 0.486 e. The minimum Gasteiger partial charge on any atom is -0.486 e. The smallest absolute Gasteiger partial charge is 0.190 e. The van der Waals surface area contributed by atoms with Gasteiger partial charge >= 0.3 is 0 Å². The van der Waals surface area contributed by atoms with Crippen LogP contribution in [0.2, 0.25) is 0 Å². The summed E-state index contributed by atoms with van der Waals surface area (Å²) >= 11 is 4.79. The van der Waals surface area contributed by atoms with Gasteiger partial charge in [-0.25, -0.2) is 4.39 Å². The number of hydrogen-bond donors (Lipinski definition) is 0. The molecule has 0 spiro atoms. The predicted octanol–water partition coefficient (Wildman–Crippen LogP) is 2.15. The van der Waals surface area contributed by atoms with E-state index in [1.54, 1.807) is 12.1 Å². The fourth-order valence-electron chi connectivity index (χ4n) is 0.733. The van der Waals surface area contributed by atoms with Crippen LogP contribution >= 0.6 is 12.2 Å². The van der Waals surface area contributed by atoms with Gasteiger partial charge in [0.25, 0.3) is 0 Å². The summed E-state index contributed by atoms with van der Waals surface area (Å²) in [6, 6.07) is 6.00. The molecular formula is C8H7FOS. The van der Waals surface area contributed by atoms with Gasteiger partial charge in [-0.15, -0.1) is 0 Å². The molecule has 1 aromatic rings. The molecule has 1 nitrogen and oxygen atoms in total. The molecule has 0 amide bonds. The van der Waals surface area contributed by atoms with Gasteiger partial charge in [-0.1, -0.05) is 12.1 Å². The first-order valence-electron chi connectivity index (χ1n) is 3.08. The molecule has 0 aliphatic carbocycles. The second-order valence-corrected chi connectivity index (χ2v) is 2.37. The molecule has 0 saturated heterocycles. The quantitative estimate of drug-likeness (QED) is 0.597. The minimum atomic E-state index is -0.304. The highest BCUT2D eigenvalue weighted by Gasteiger charge is 1.99. The Labute approximate surface area is 69.8 Å². The average Bonchev–Trinajstić information content (AvgIpc) is 2.03. The van der Waals surface area contributed by atoms with E-state index in [1.165, 1.54) is 19.2 Å². The van der Waals surface area contributed by atoms with Crippen molar-refractivity contribution in [3.63, 3.8) is 0 Å². The molecule has 58 valence electrons. The molecular weight excluding hydrogens is 163 g/mol. The number of halogens is 1. The van der Waals surface area contributed by atoms with Crippen LogP contribution in [0.4, 0.5) is 4.39 Å². The fraction of sp³-hybridized carbons (Fsp3) is 0.125. The third-order valence-corrected chi connectivity index (χ3v) is 1.65. The lowest BCUT2D eigenvalue weighted by atomic mass is 10.2. The Kier molecular flexibility index (Phi) is 2.54. The monoisotopic (exact) mass is 170 g/mol.